The maximum Gasteiger partial charge on any atom is 0.263 e. The summed E-state index contributed by atoms with van der Waals surface area (Å²) in [6, 6.07) is 2.08. The number of halogens is 1. The molecule has 0 aromatic heterocycles. The second kappa shape index (κ2) is 4.84. The van der Waals surface area contributed by atoms with Crippen LogP contribution in [0.4, 0.5) is 0 Å². The number of nitrogens with two attached hydrogens (primary N) is 1. The van der Waals surface area contributed by atoms with Gasteiger partial charge >= 0.3 is 0 Å². The van der Waals surface area contributed by atoms with Gasteiger partial charge in [0, 0.05) is 12.1 Å². The molecule has 0 saturated carbocycles. The summed E-state index contributed by atoms with van der Waals surface area (Å²) in [4.78, 5) is 1.78. The van der Waals surface area contributed by atoms with Gasteiger partial charge in [0.05, 0.1) is 6.07 Å². The molecule has 0 aliphatic rings. The molecule has 0 aromatic rings. The Bertz CT molecular complexity index is 299. The predicted octanol–water partition coefficient (Wildman–Crippen LogP) is 2.74. The molecular weight excluding hydrogens is 233 g/mol. The van der Waals surface area contributed by atoms with Gasteiger partial charge in [0.2, 0.25) is 0 Å². The van der Waals surface area contributed by atoms with Gasteiger partial charge in [0.1, 0.15) is 0 Å². The zero-order chi connectivity index (χ0) is 12.4. The van der Waals surface area contributed by atoms with E-state index in [-0.39, 0.29) is 12.1 Å². The molecule has 0 radical (unpaired) electrons. The van der Waals surface area contributed by atoms with Gasteiger partial charge in [0.25, 0.3) is 6.65 Å². The van der Waals surface area contributed by atoms with E-state index in [0.717, 1.165) is 0 Å². The highest BCUT2D eigenvalue weighted by atomic mass is 35.7. The van der Waals surface area contributed by atoms with Crippen LogP contribution in [0.2, 0.25) is 0 Å². The monoisotopic (exact) mass is 251 g/mol. The lowest BCUT2D eigenvalue weighted by atomic mass is 10.1. The molecule has 0 rings (SSSR count). The maximum atomic E-state index is 11.8. The summed E-state index contributed by atoms with van der Waals surface area (Å²) in [6.07, 6.45) is 0. The molecule has 0 aliphatic carbocycles. The van der Waals surface area contributed by atoms with Gasteiger partial charge in [-0.15, -0.1) is 0 Å². The maximum absolute atomic E-state index is 11.8. The summed E-state index contributed by atoms with van der Waals surface area (Å²) in [5.74, 6) is 0. The molecule has 0 spiro atoms. The molecule has 0 saturated heterocycles. The molecule has 0 aliphatic heterocycles. The van der Waals surface area contributed by atoms with E-state index in [1.54, 1.807) is 4.90 Å². The molecule has 15 heavy (non-hydrogen) atoms. The molecule has 0 fully saturated rings. The Hall–Kier alpha value is -0.0700. The molecule has 6 heteroatoms. The standard InChI is InChI=1S/C9H19ClN3OP/c1-7(2)13(8(3)4)9(5,6-11)15(10,12)14/h7-8H,1-5H3,(H2,12,14). The molecule has 88 valence electrons. The Kier molecular flexibility index (Phi) is 4.82. The minimum atomic E-state index is -3.51. The van der Waals surface area contributed by atoms with Crippen molar-refractivity contribution in [1.82, 2.24) is 4.90 Å². The third kappa shape index (κ3) is 2.95. The Morgan fingerprint density at radius 1 is 1.40 bits per heavy atom. The number of nitriles is 1. The fourth-order valence-corrected chi connectivity index (χ4v) is 3.17. The van der Waals surface area contributed by atoms with E-state index in [2.05, 4.69) is 0 Å². The Morgan fingerprint density at radius 2 is 1.73 bits per heavy atom. The normalized spacial score (nSPS) is 20.1. The van der Waals surface area contributed by atoms with Crippen LogP contribution in [0.15, 0.2) is 0 Å². The van der Waals surface area contributed by atoms with Gasteiger partial charge < -0.3 is 0 Å². The van der Waals surface area contributed by atoms with Crippen molar-refractivity contribution >= 4 is 17.9 Å². The van der Waals surface area contributed by atoms with E-state index < -0.39 is 11.9 Å². The zero-order valence-electron chi connectivity index (χ0n) is 9.86. The smallest absolute Gasteiger partial charge is 0.263 e. The average molecular weight is 252 g/mol. The molecule has 0 heterocycles. The number of nitrogens with zero attached hydrogens (tertiary/aromatic N) is 2. The van der Waals surface area contributed by atoms with E-state index in [4.69, 9.17) is 22.0 Å². The zero-order valence-corrected chi connectivity index (χ0v) is 11.5. The lowest BCUT2D eigenvalue weighted by Crippen LogP contribution is -2.52. The minimum Gasteiger partial charge on any atom is -0.286 e. The molecule has 0 bridgehead atoms. The van der Waals surface area contributed by atoms with Crippen molar-refractivity contribution in [1.29, 1.82) is 5.26 Å². The number of hydrogen-bond acceptors (Lipinski definition) is 3. The molecule has 4 nitrogen and oxygen atoms in total. The summed E-state index contributed by atoms with van der Waals surface area (Å²) in [7, 11) is 0. The average Bonchev–Trinajstić information content (AvgIpc) is 2.00. The highest BCUT2D eigenvalue weighted by Gasteiger charge is 2.48. The summed E-state index contributed by atoms with van der Waals surface area (Å²) in [6.45, 7) is 5.69. The van der Waals surface area contributed by atoms with Crippen LogP contribution in [0.5, 0.6) is 0 Å². The van der Waals surface area contributed by atoms with Crippen molar-refractivity contribution in [3.05, 3.63) is 0 Å². The third-order valence-corrected chi connectivity index (χ3v) is 4.93. The van der Waals surface area contributed by atoms with Crippen molar-refractivity contribution in [2.75, 3.05) is 0 Å². The van der Waals surface area contributed by atoms with Crippen molar-refractivity contribution in [3.63, 3.8) is 0 Å². The largest absolute Gasteiger partial charge is 0.286 e. The van der Waals surface area contributed by atoms with Gasteiger partial charge in [0.15, 0.2) is 5.28 Å². The first-order valence-corrected chi connectivity index (χ1v) is 7.54. The minimum absolute atomic E-state index is 0.0466. The fourth-order valence-electron chi connectivity index (χ4n) is 1.89. The Balaban J connectivity index is 5.46. The van der Waals surface area contributed by atoms with Gasteiger partial charge in [-0.1, -0.05) is 0 Å². The second-order valence-corrected chi connectivity index (χ2v) is 7.84. The highest BCUT2D eigenvalue weighted by molar-refractivity contribution is 7.88. The molecular formula is C9H19ClN3OP. The van der Waals surface area contributed by atoms with Gasteiger partial charge in [-0.25, -0.2) is 0 Å². The summed E-state index contributed by atoms with van der Waals surface area (Å²) in [5, 5.41) is 7.84. The second-order valence-electron chi connectivity index (χ2n) is 4.30. The van der Waals surface area contributed by atoms with Crippen LogP contribution in [-0.2, 0) is 4.57 Å². The van der Waals surface area contributed by atoms with Crippen LogP contribution in [0, 0.1) is 11.3 Å². The van der Waals surface area contributed by atoms with Crippen molar-refractivity contribution in [2.45, 2.75) is 52.0 Å². The van der Waals surface area contributed by atoms with E-state index in [1.165, 1.54) is 6.92 Å². The van der Waals surface area contributed by atoms with E-state index in [9.17, 15) is 4.57 Å². The van der Waals surface area contributed by atoms with Crippen LogP contribution >= 0.6 is 17.9 Å². The van der Waals surface area contributed by atoms with Gasteiger partial charge in [-0.2, -0.15) is 5.26 Å². The van der Waals surface area contributed by atoms with Crippen LogP contribution < -0.4 is 5.50 Å². The van der Waals surface area contributed by atoms with Crippen LogP contribution in [0.1, 0.15) is 34.6 Å². The topological polar surface area (TPSA) is 70.1 Å². The Labute approximate surface area is 96.6 Å². The molecule has 2 atom stereocenters. The van der Waals surface area contributed by atoms with Crippen LogP contribution in [0.3, 0.4) is 0 Å². The lowest BCUT2D eigenvalue weighted by molar-refractivity contribution is 0.125. The summed E-state index contributed by atoms with van der Waals surface area (Å²) in [5.41, 5.74) is 5.46. The predicted molar refractivity (Wildman–Crippen MR) is 63.8 cm³/mol. The summed E-state index contributed by atoms with van der Waals surface area (Å²) >= 11 is 5.69. The van der Waals surface area contributed by atoms with E-state index in [1.807, 2.05) is 33.8 Å². The first kappa shape index (κ1) is 14.9. The Morgan fingerprint density at radius 3 is 1.80 bits per heavy atom. The van der Waals surface area contributed by atoms with Crippen molar-refractivity contribution < 1.29 is 4.57 Å². The molecule has 2 N–H and O–H groups in total. The van der Waals surface area contributed by atoms with Crippen molar-refractivity contribution in [3.8, 4) is 6.07 Å². The first-order chi connectivity index (χ1) is 6.58. The molecule has 0 aromatic carbocycles. The fraction of sp³-hybridized carbons (Fsp3) is 0.889. The highest BCUT2D eigenvalue weighted by Crippen LogP contribution is 2.57. The first-order valence-electron chi connectivity index (χ1n) is 4.86. The lowest BCUT2D eigenvalue weighted by Gasteiger charge is -2.42. The van der Waals surface area contributed by atoms with Crippen LogP contribution in [0.25, 0.3) is 0 Å². The number of rotatable bonds is 4. The van der Waals surface area contributed by atoms with Crippen LogP contribution in [-0.4, -0.2) is 22.3 Å². The third-order valence-electron chi connectivity index (χ3n) is 2.42. The quantitative estimate of drug-likeness (QED) is 0.780. The van der Waals surface area contributed by atoms with Gasteiger partial charge in [-0.05, 0) is 45.9 Å². The van der Waals surface area contributed by atoms with E-state index in [0.29, 0.717) is 0 Å². The van der Waals surface area contributed by atoms with Crippen molar-refractivity contribution in [2.24, 2.45) is 5.50 Å². The number of hydrogen-bond donors (Lipinski definition) is 1. The SMILES string of the molecule is CC(C)N(C(C)C)C(C)(C#N)P(N)(=O)Cl. The molecule has 2 unspecified atom stereocenters. The van der Waals surface area contributed by atoms with Gasteiger partial charge in [-0.3, -0.25) is 15.0 Å². The summed E-state index contributed by atoms with van der Waals surface area (Å²) < 4.78 is 11.8. The molecule has 0 amide bonds. The van der Waals surface area contributed by atoms with E-state index >= 15 is 0 Å².